The largest absolute Gasteiger partial charge is 0.497 e. The highest BCUT2D eigenvalue weighted by Crippen LogP contribution is 2.23. The second-order valence-electron chi connectivity index (χ2n) is 6.05. The Bertz CT molecular complexity index is 468. The van der Waals surface area contributed by atoms with Gasteiger partial charge in [-0.3, -0.25) is 9.69 Å². The maximum Gasteiger partial charge on any atom is 0.304 e. The van der Waals surface area contributed by atoms with Crippen LogP contribution < -0.4 is 4.74 Å². The third kappa shape index (κ3) is 5.73. The van der Waals surface area contributed by atoms with Gasteiger partial charge in [-0.25, -0.2) is 0 Å². The third-order valence-electron chi connectivity index (χ3n) is 3.42. The number of nitrogens with zero attached hydrogens (tertiary/aromatic N) is 1. The molecule has 118 valence electrons. The van der Waals surface area contributed by atoms with Crippen molar-refractivity contribution in [1.29, 1.82) is 0 Å². The summed E-state index contributed by atoms with van der Waals surface area (Å²) in [7, 11) is 1.58. The average molecular weight is 295 g/mol. The molecule has 1 aromatic rings. The monoisotopic (exact) mass is 295 g/mol. The van der Waals surface area contributed by atoms with Crippen LogP contribution in [-0.4, -0.2) is 46.8 Å². The maximum absolute atomic E-state index is 10.8. The van der Waals surface area contributed by atoms with Crippen molar-refractivity contribution in [3.05, 3.63) is 29.8 Å². The molecule has 0 saturated carbocycles. The topological polar surface area (TPSA) is 70.0 Å². The quantitative estimate of drug-likeness (QED) is 0.808. The first-order chi connectivity index (χ1) is 9.74. The summed E-state index contributed by atoms with van der Waals surface area (Å²) in [5, 5.41) is 19.2. The summed E-state index contributed by atoms with van der Waals surface area (Å²) >= 11 is 0. The third-order valence-corrected chi connectivity index (χ3v) is 3.42. The number of methoxy groups -OCH3 is 1. The van der Waals surface area contributed by atoms with Crippen LogP contribution in [0.1, 0.15) is 38.9 Å². The number of benzene rings is 1. The van der Waals surface area contributed by atoms with E-state index in [1.54, 1.807) is 13.2 Å². The molecule has 0 saturated heterocycles. The van der Waals surface area contributed by atoms with Gasteiger partial charge in [0, 0.05) is 18.6 Å². The van der Waals surface area contributed by atoms with Crippen molar-refractivity contribution in [2.75, 3.05) is 20.2 Å². The average Bonchev–Trinajstić information content (AvgIpc) is 2.41. The predicted octanol–water partition coefficient (Wildman–Crippen LogP) is 2.30. The molecule has 0 radical (unpaired) electrons. The van der Waals surface area contributed by atoms with Crippen LogP contribution in [0.4, 0.5) is 0 Å². The molecule has 21 heavy (non-hydrogen) atoms. The zero-order chi connectivity index (χ0) is 16.0. The first-order valence-corrected chi connectivity index (χ1v) is 7.03. The number of aliphatic hydroxyl groups excluding tert-OH is 1. The molecule has 0 fully saturated rings. The van der Waals surface area contributed by atoms with Crippen LogP contribution in [0.2, 0.25) is 0 Å². The van der Waals surface area contributed by atoms with E-state index in [1.807, 2.05) is 43.9 Å². The molecule has 0 aromatic heterocycles. The van der Waals surface area contributed by atoms with E-state index in [1.165, 1.54) is 0 Å². The van der Waals surface area contributed by atoms with Crippen LogP contribution in [0.25, 0.3) is 0 Å². The van der Waals surface area contributed by atoms with Crippen molar-refractivity contribution in [2.24, 2.45) is 0 Å². The zero-order valence-electron chi connectivity index (χ0n) is 13.2. The standard InChI is InChI=1S/C16H25NO4/c1-16(2,3)17(9-8-15(19)20)11-14(18)12-6-5-7-13(10-12)21-4/h5-7,10,14,18H,8-9,11H2,1-4H3,(H,19,20). The lowest BCUT2D eigenvalue weighted by Crippen LogP contribution is -2.44. The molecule has 0 aliphatic heterocycles. The lowest BCUT2D eigenvalue weighted by molar-refractivity contribution is -0.137. The van der Waals surface area contributed by atoms with Crippen molar-refractivity contribution in [2.45, 2.75) is 38.8 Å². The Hall–Kier alpha value is -1.59. The minimum absolute atomic E-state index is 0.0576. The highest BCUT2D eigenvalue weighted by molar-refractivity contribution is 5.66. The number of β-amino-alcohol motifs (C(OH)–C–C–N with tert-alkyl or cyclic N) is 1. The Kier molecular flexibility index (Phi) is 6.18. The van der Waals surface area contributed by atoms with Gasteiger partial charge in [0.05, 0.1) is 19.6 Å². The summed E-state index contributed by atoms with van der Waals surface area (Å²) in [5.74, 6) is -0.139. The fraction of sp³-hybridized carbons (Fsp3) is 0.562. The van der Waals surface area contributed by atoms with E-state index in [4.69, 9.17) is 9.84 Å². The van der Waals surface area contributed by atoms with E-state index in [0.717, 1.165) is 5.56 Å². The van der Waals surface area contributed by atoms with Gasteiger partial charge < -0.3 is 14.9 Å². The molecule has 5 heteroatoms. The molecular weight excluding hydrogens is 270 g/mol. The van der Waals surface area contributed by atoms with Gasteiger partial charge in [0.15, 0.2) is 0 Å². The Morgan fingerprint density at radius 2 is 2.05 bits per heavy atom. The summed E-state index contributed by atoms with van der Waals surface area (Å²) in [6.45, 7) is 6.80. The van der Waals surface area contributed by atoms with Crippen LogP contribution in [0.15, 0.2) is 24.3 Å². The van der Waals surface area contributed by atoms with Crippen LogP contribution in [-0.2, 0) is 4.79 Å². The molecule has 1 aromatic carbocycles. The van der Waals surface area contributed by atoms with Crippen molar-refractivity contribution in [3.8, 4) is 5.75 Å². The second-order valence-corrected chi connectivity index (χ2v) is 6.05. The number of aliphatic carboxylic acids is 1. The summed E-state index contributed by atoms with van der Waals surface area (Å²) in [6.07, 6.45) is -0.629. The summed E-state index contributed by atoms with van der Waals surface area (Å²) in [6, 6.07) is 7.28. The number of ether oxygens (including phenoxy) is 1. The molecular formula is C16H25NO4. The molecule has 0 aliphatic rings. The van der Waals surface area contributed by atoms with Gasteiger partial charge in [-0.05, 0) is 38.5 Å². The number of rotatable bonds is 7. The molecule has 0 bridgehead atoms. The van der Waals surface area contributed by atoms with Crippen LogP contribution in [0, 0.1) is 0 Å². The fourth-order valence-electron chi connectivity index (χ4n) is 2.09. The van der Waals surface area contributed by atoms with E-state index in [2.05, 4.69) is 0 Å². The van der Waals surface area contributed by atoms with Crippen LogP contribution in [0.5, 0.6) is 5.75 Å². The highest BCUT2D eigenvalue weighted by atomic mass is 16.5. The van der Waals surface area contributed by atoms with Gasteiger partial charge >= 0.3 is 5.97 Å². The van der Waals surface area contributed by atoms with E-state index >= 15 is 0 Å². The maximum atomic E-state index is 10.8. The van der Waals surface area contributed by atoms with Gasteiger partial charge in [-0.1, -0.05) is 12.1 Å². The number of hydrogen-bond acceptors (Lipinski definition) is 4. The van der Waals surface area contributed by atoms with Crippen LogP contribution >= 0.6 is 0 Å². The molecule has 5 nitrogen and oxygen atoms in total. The number of hydrogen-bond donors (Lipinski definition) is 2. The minimum Gasteiger partial charge on any atom is -0.497 e. The Morgan fingerprint density at radius 3 is 2.57 bits per heavy atom. The summed E-state index contributed by atoms with van der Waals surface area (Å²) in [5.41, 5.74) is 0.550. The molecule has 0 spiro atoms. The molecule has 0 aliphatic carbocycles. The SMILES string of the molecule is COc1cccc(C(O)CN(CCC(=O)O)C(C)(C)C)c1. The van der Waals surface area contributed by atoms with E-state index < -0.39 is 12.1 Å². The number of carboxylic acids is 1. The van der Waals surface area contributed by atoms with Gasteiger partial charge in [-0.15, -0.1) is 0 Å². The van der Waals surface area contributed by atoms with Gasteiger partial charge in [0.25, 0.3) is 0 Å². The normalized spacial score (nSPS) is 13.2. The van der Waals surface area contributed by atoms with Crippen molar-refractivity contribution >= 4 is 5.97 Å². The van der Waals surface area contributed by atoms with Crippen molar-refractivity contribution in [3.63, 3.8) is 0 Å². The fourth-order valence-corrected chi connectivity index (χ4v) is 2.09. The number of carboxylic acid groups (broad SMARTS) is 1. The van der Waals surface area contributed by atoms with E-state index in [9.17, 15) is 9.90 Å². The zero-order valence-corrected chi connectivity index (χ0v) is 13.2. The number of carbonyl (C=O) groups is 1. The van der Waals surface area contributed by atoms with E-state index in [-0.39, 0.29) is 12.0 Å². The smallest absolute Gasteiger partial charge is 0.304 e. The predicted molar refractivity (Wildman–Crippen MR) is 81.5 cm³/mol. The lowest BCUT2D eigenvalue weighted by atomic mass is 10.0. The van der Waals surface area contributed by atoms with Gasteiger partial charge in [0.2, 0.25) is 0 Å². The summed E-state index contributed by atoms with van der Waals surface area (Å²) in [4.78, 5) is 12.7. The molecule has 0 heterocycles. The lowest BCUT2D eigenvalue weighted by Gasteiger charge is -2.36. The van der Waals surface area contributed by atoms with Gasteiger partial charge in [0.1, 0.15) is 5.75 Å². The highest BCUT2D eigenvalue weighted by Gasteiger charge is 2.24. The van der Waals surface area contributed by atoms with Crippen LogP contribution in [0.3, 0.4) is 0 Å². The Balaban J connectivity index is 2.79. The summed E-state index contributed by atoms with van der Waals surface area (Å²) < 4.78 is 5.15. The minimum atomic E-state index is -0.833. The Morgan fingerprint density at radius 1 is 1.38 bits per heavy atom. The first kappa shape index (κ1) is 17.5. The van der Waals surface area contributed by atoms with Gasteiger partial charge in [-0.2, -0.15) is 0 Å². The molecule has 1 rings (SSSR count). The van der Waals surface area contributed by atoms with E-state index in [0.29, 0.717) is 18.8 Å². The molecule has 1 atom stereocenters. The molecule has 1 unspecified atom stereocenters. The number of aliphatic hydroxyl groups is 1. The Labute approximate surface area is 126 Å². The van der Waals surface area contributed by atoms with Crippen molar-refractivity contribution < 1.29 is 19.7 Å². The second kappa shape index (κ2) is 7.43. The van der Waals surface area contributed by atoms with Crippen molar-refractivity contribution in [1.82, 2.24) is 4.90 Å². The first-order valence-electron chi connectivity index (χ1n) is 7.03. The molecule has 0 amide bonds. The molecule has 2 N–H and O–H groups in total.